The van der Waals surface area contributed by atoms with Crippen LogP contribution in [0.15, 0.2) is 59.0 Å². The number of anilines is 1. The summed E-state index contributed by atoms with van der Waals surface area (Å²) in [5.74, 6) is 0.0547. The quantitative estimate of drug-likeness (QED) is 0.326. The molecule has 0 atom stereocenters. The number of fused-ring (bicyclic) bond motifs is 1. The molecule has 1 aromatic heterocycles. The second kappa shape index (κ2) is 8.50. The van der Waals surface area contributed by atoms with Crippen molar-refractivity contribution in [2.24, 2.45) is 0 Å². The van der Waals surface area contributed by atoms with Crippen LogP contribution in [0.5, 0.6) is 5.75 Å². The van der Waals surface area contributed by atoms with Crippen molar-refractivity contribution in [2.45, 2.75) is 20.8 Å². The molecule has 1 heterocycles. The molecule has 0 aliphatic rings. The second-order valence-corrected chi connectivity index (χ2v) is 7.51. The van der Waals surface area contributed by atoms with Gasteiger partial charge in [-0.2, -0.15) is 0 Å². The van der Waals surface area contributed by atoms with E-state index < -0.39 is 10.8 Å². The summed E-state index contributed by atoms with van der Waals surface area (Å²) in [7, 11) is 0. The van der Waals surface area contributed by atoms with Gasteiger partial charge in [0.1, 0.15) is 5.52 Å². The van der Waals surface area contributed by atoms with Gasteiger partial charge in [-0.1, -0.05) is 18.2 Å². The smallest absolute Gasteiger partial charge is 0.310 e. The molecule has 0 bridgehead atoms. The van der Waals surface area contributed by atoms with Gasteiger partial charge in [0.15, 0.2) is 17.9 Å². The van der Waals surface area contributed by atoms with E-state index in [-0.39, 0.29) is 18.0 Å². The maximum Gasteiger partial charge on any atom is 0.310 e. The van der Waals surface area contributed by atoms with Crippen molar-refractivity contribution < 1.29 is 18.9 Å². The average Bonchev–Trinajstić information content (AvgIpc) is 3.17. The lowest BCUT2D eigenvalue weighted by Gasteiger charge is -2.10. The number of ether oxygens (including phenoxy) is 1. The van der Waals surface area contributed by atoms with Crippen molar-refractivity contribution in [3.63, 3.8) is 0 Å². The number of nitrogens with one attached hydrogen (secondary N) is 1. The maximum absolute atomic E-state index is 12.4. The van der Waals surface area contributed by atoms with Crippen LogP contribution in [0.3, 0.4) is 0 Å². The molecule has 4 rings (SSSR count). The summed E-state index contributed by atoms with van der Waals surface area (Å²) in [5, 5.41) is 13.9. The molecule has 0 unspecified atom stereocenters. The van der Waals surface area contributed by atoms with E-state index in [2.05, 4.69) is 10.3 Å². The number of carbonyl (C=O) groups is 1. The van der Waals surface area contributed by atoms with Crippen LogP contribution >= 0.6 is 0 Å². The van der Waals surface area contributed by atoms with Gasteiger partial charge in [0.25, 0.3) is 5.91 Å². The SMILES string of the molecule is Cc1cc2nc(-c3ccc(C)c(NC(=O)COc4ccccc4[N+](=O)[O-])c3)oc2cc1C. The molecular weight excluding hydrogens is 410 g/mol. The summed E-state index contributed by atoms with van der Waals surface area (Å²) < 4.78 is 11.3. The summed E-state index contributed by atoms with van der Waals surface area (Å²) in [4.78, 5) is 27.5. The third-order valence-electron chi connectivity index (χ3n) is 5.18. The standard InChI is InChI=1S/C24H21N3O5/c1-14-8-9-17(24-26-19-10-15(2)16(3)11-22(19)32-24)12-18(14)25-23(28)13-31-21-7-5-4-6-20(21)27(29)30/h4-12H,13H2,1-3H3,(H,25,28). The normalized spacial score (nSPS) is 10.8. The number of aryl methyl sites for hydroxylation is 3. The van der Waals surface area contributed by atoms with E-state index >= 15 is 0 Å². The molecule has 0 radical (unpaired) electrons. The Hall–Kier alpha value is -4.20. The van der Waals surface area contributed by atoms with Gasteiger partial charge in [0.05, 0.1) is 4.92 Å². The molecule has 0 saturated heterocycles. The largest absolute Gasteiger partial charge is 0.477 e. The predicted molar refractivity (Wildman–Crippen MR) is 121 cm³/mol. The van der Waals surface area contributed by atoms with Crippen molar-refractivity contribution >= 4 is 28.4 Å². The third kappa shape index (κ3) is 4.29. The van der Waals surface area contributed by atoms with E-state index in [4.69, 9.17) is 9.15 Å². The van der Waals surface area contributed by atoms with Crippen LogP contribution in [0.25, 0.3) is 22.6 Å². The molecule has 162 valence electrons. The Morgan fingerprint density at radius 3 is 2.59 bits per heavy atom. The minimum absolute atomic E-state index is 0.0372. The van der Waals surface area contributed by atoms with Crippen molar-refractivity contribution in [3.05, 3.63) is 81.4 Å². The molecule has 1 N–H and O–H groups in total. The number of para-hydroxylation sites is 2. The number of nitrogens with zero attached hydrogens (tertiary/aromatic N) is 2. The molecule has 8 heteroatoms. The van der Waals surface area contributed by atoms with E-state index in [9.17, 15) is 14.9 Å². The lowest BCUT2D eigenvalue weighted by atomic mass is 10.1. The first kappa shape index (κ1) is 21.0. The number of benzene rings is 3. The zero-order valence-electron chi connectivity index (χ0n) is 17.8. The Bertz CT molecular complexity index is 1300. The van der Waals surface area contributed by atoms with Gasteiger partial charge < -0.3 is 14.5 Å². The Balaban J connectivity index is 1.52. The topological polar surface area (TPSA) is 108 Å². The summed E-state index contributed by atoms with van der Waals surface area (Å²) in [6.45, 7) is 5.54. The fourth-order valence-corrected chi connectivity index (χ4v) is 3.25. The highest BCUT2D eigenvalue weighted by molar-refractivity contribution is 5.93. The fraction of sp³-hybridized carbons (Fsp3) is 0.167. The Labute approximate surface area is 184 Å². The van der Waals surface area contributed by atoms with Gasteiger partial charge in [0.2, 0.25) is 5.89 Å². The lowest BCUT2D eigenvalue weighted by molar-refractivity contribution is -0.385. The first-order valence-corrected chi connectivity index (χ1v) is 9.96. The number of aromatic nitrogens is 1. The van der Waals surface area contributed by atoms with Crippen molar-refractivity contribution in [1.82, 2.24) is 4.98 Å². The van der Waals surface area contributed by atoms with E-state index in [1.807, 2.05) is 45.0 Å². The number of rotatable bonds is 6. The summed E-state index contributed by atoms with van der Waals surface area (Å²) in [5.41, 5.74) is 5.67. The number of nitro benzene ring substituents is 1. The van der Waals surface area contributed by atoms with Crippen LogP contribution in [-0.4, -0.2) is 22.4 Å². The van der Waals surface area contributed by atoms with E-state index in [0.717, 1.165) is 27.8 Å². The number of hydrogen-bond acceptors (Lipinski definition) is 6. The highest BCUT2D eigenvalue weighted by Crippen LogP contribution is 2.29. The highest BCUT2D eigenvalue weighted by atomic mass is 16.6. The number of carbonyl (C=O) groups excluding carboxylic acids is 1. The van der Waals surface area contributed by atoms with E-state index in [1.165, 1.54) is 18.2 Å². The van der Waals surface area contributed by atoms with E-state index in [0.29, 0.717) is 17.2 Å². The van der Waals surface area contributed by atoms with E-state index in [1.54, 1.807) is 12.1 Å². The molecule has 0 aliphatic heterocycles. The fourth-order valence-electron chi connectivity index (χ4n) is 3.25. The lowest BCUT2D eigenvalue weighted by Crippen LogP contribution is -2.21. The zero-order chi connectivity index (χ0) is 22.8. The van der Waals surface area contributed by atoms with Gasteiger partial charge in [-0.05, 0) is 67.8 Å². The molecule has 1 amide bonds. The molecule has 8 nitrogen and oxygen atoms in total. The molecular formula is C24H21N3O5. The van der Waals surface area contributed by atoms with Crippen molar-refractivity contribution in [1.29, 1.82) is 0 Å². The van der Waals surface area contributed by atoms with Crippen molar-refractivity contribution in [2.75, 3.05) is 11.9 Å². The monoisotopic (exact) mass is 431 g/mol. The summed E-state index contributed by atoms with van der Waals surface area (Å²) >= 11 is 0. The average molecular weight is 431 g/mol. The predicted octanol–water partition coefficient (Wildman–Crippen LogP) is 5.35. The number of nitro groups is 1. The first-order chi connectivity index (χ1) is 15.3. The number of hydrogen-bond donors (Lipinski definition) is 1. The first-order valence-electron chi connectivity index (χ1n) is 9.96. The van der Waals surface area contributed by atoms with Crippen LogP contribution in [0.1, 0.15) is 16.7 Å². The van der Waals surface area contributed by atoms with Gasteiger partial charge >= 0.3 is 5.69 Å². The Kier molecular flexibility index (Phi) is 5.59. The van der Waals surface area contributed by atoms with Crippen molar-refractivity contribution in [3.8, 4) is 17.2 Å². The Morgan fingerprint density at radius 2 is 1.81 bits per heavy atom. The van der Waals surface area contributed by atoms with Crippen LogP contribution in [0, 0.1) is 30.9 Å². The third-order valence-corrected chi connectivity index (χ3v) is 5.18. The molecule has 0 fully saturated rings. The highest BCUT2D eigenvalue weighted by Gasteiger charge is 2.16. The maximum atomic E-state index is 12.4. The number of oxazole rings is 1. The minimum Gasteiger partial charge on any atom is -0.477 e. The summed E-state index contributed by atoms with van der Waals surface area (Å²) in [6.07, 6.45) is 0. The van der Waals surface area contributed by atoms with Gasteiger partial charge in [-0.3, -0.25) is 14.9 Å². The molecule has 3 aromatic carbocycles. The molecule has 0 spiro atoms. The zero-order valence-corrected chi connectivity index (χ0v) is 17.8. The molecule has 4 aromatic rings. The van der Waals surface area contributed by atoms with Gasteiger partial charge in [-0.15, -0.1) is 0 Å². The van der Waals surface area contributed by atoms with Crippen LogP contribution < -0.4 is 10.1 Å². The van der Waals surface area contributed by atoms with Crippen LogP contribution in [0.4, 0.5) is 11.4 Å². The molecule has 0 saturated carbocycles. The van der Waals surface area contributed by atoms with Gasteiger partial charge in [0, 0.05) is 17.3 Å². The summed E-state index contributed by atoms with van der Waals surface area (Å²) in [6, 6.07) is 15.4. The second-order valence-electron chi connectivity index (χ2n) is 7.51. The van der Waals surface area contributed by atoms with Gasteiger partial charge in [-0.25, -0.2) is 4.98 Å². The number of amides is 1. The van der Waals surface area contributed by atoms with Crippen LogP contribution in [-0.2, 0) is 4.79 Å². The Morgan fingerprint density at radius 1 is 1.06 bits per heavy atom. The minimum atomic E-state index is -0.551. The molecule has 0 aliphatic carbocycles. The molecule has 32 heavy (non-hydrogen) atoms. The van der Waals surface area contributed by atoms with Crippen LogP contribution in [0.2, 0.25) is 0 Å².